The lowest BCUT2D eigenvalue weighted by molar-refractivity contribution is -0.150. The second kappa shape index (κ2) is 6.37. The highest BCUT2D eigenvalue weighted by Crippen LogP contribution is 2.44. The number of hydrogen-bond donors (Lipinski definition) is 1. The highest BCUT2D eigenvalue weighted by atomic mass is 16.6. The summed E-state index contributed by atoms with van der Waals surface area (Å²) in [6, 6.07) is 0. The van der Waals surface area contributed by atoms with Crippen molar-refractivity contribution in [2.24, 2.45) is 5.41 Å². The van der Waals surface area contributed by atoms with Crippen LogP contribution in [0.2, 0.25) is 0 Å². The molecule has 1 aliphatic carbocycles. The van der Waals surface area contributed by atoms with Gasteiger partial charge in [0.25, 0.3) is 5.91 Å². The maximum absolute atomic E-state index is 13.1. The topological polar surface area (TPSA) is 78.5 Å². The molecule has 7 heteroatoms. The Labute approximate surface area is 154 Å². The molecule has 2 saturated heterocycles. The van der Waals surface area contributed by atoms with Crippen LogP contribution in [-0.4, -0.2) is 71.7 Å². The van der Waals surface area contributed by atoms with E-state index in [2.05, 4.69) is 15.1 Å². The number of nitrogens with zero attached hydrogens (tertiary/aromatic N) is 3. The number of aryl methyl sites for hydroxylation is 1. The zero-order chi connectivity index (χ0) is 18.5. The minimum atomic E-state index is -0.401. The summed E-state index contributed by atoms with van der Waals surface area (Å²) in [5, 5.41) is 7.34. The number of rotatable bonds is 4. The maximum Gasteiger partial charge on any atom is 0.312 e. The molecular formula is C19H28N4O3. The normalized spacial score (nSPS) is 25.2. The minimum absolute atomic E-state index is 0.0302. The van der Waals surface area contributed by atoms with Gasteiger partial charge in [0.1, 0.15) is 6.10 Å². The number of aromatic amines is 1. The van der Waals surface area contributed by atoms with Crippen LogP contribution >= 0.6 is 0 Å². The molecule has 0 bridgehead atoms. The van der Waals surface area contributed by atoms with Gasteiger partial charge in [-0.2, -0.15) is 5.10 Å². The quantitative estimate of drug-likeness (QED) is 0.827. The lowest BCUT2D eigenvalue weighted by Crippen LogP contribution is -2.45. The molecule has 1 spiro atoms. The molecular weight excluding hydrogens is 332 g/mol. The summed E-state index contributed by atoms with van der Waals surface area (Å²) in [4.78, 5) is 29.5. The van der Waals surface area contributed by atoms with Gasteiger partial charge in [0, 0.05) is 37.7 Å². The lowest BCUT2D eigenvalue weighted by Gasteiger charge is -2.36. The molecule has 1 N–H and O–H groups in total. The molecule has 1 amide bonds. The Hall–Kier alpha value is -1.89. The predicted molar refractivity (Wildman–Crippen MR) is 95.9 cm³/mol. The molecule has 3 aliphatic rings. The Morgan fingerprint density at radius 3 is 2.65 bits per heavy atom. The first-order valence-corrected chi connectivity index (χ1v) is 9.59. The Morgan fingerprint density at radius 1 is 1.35 bits per heavy atom. The molecule has 26 heavy (non-hydrogen) atoms. The van der Waals surface area contributed by atoms with Gasteiger partial charge in [0.05, 0.1) is 16.7 Å². The van der Waals surface area contributed by atoms with Crippen molar-refractivity contribution in [3.63, 3.8) is 0 Å². The van der Waals surface area contributed by atoms with E-state index in [-0.39, 0.29) is 18.0 Å². The SMILES string of the molecule is Cc1[nH]nc(C2CC2)c1C(=O)N1CCC2(CC1)CC(CN(C)C)OC2=O. The van der Waals surface area contributed by atoms with E-state index in [0.717, 1.165) is 42.8 Å². The molecule has 0 aromatic carbocycles. The molecule has 1 saturated carbocycles. The summed E-state index contributed by atoms with van der Waals surface area (Å²) < 4.78 is 5.61. The first-order valence-electron chi connectivity index (χ1n) is 9.59. The van der Waals surface area contributed by atoms with E-state index in [1.54, 1.807) is 0 Å². The summed E-state index contributed by atoms with van der Waals surface area (Å²) in [6.45, 7) is 3.89. The number of hydrogen-bond acceptors (Lipinski definition) is 5. The molecule has 0 radical (unpaired) electrons. The van der Waals surface area contributed by atoms with Crippen molar-refractivity contribution in [3.05, 3.63) is 17.0 Å². The van der Waals surface area contributed by atoms with Gasteiger partial charge in [-0.25, -0.2) is 0 Å². The van der Waals surface area contributed by atoms with Crippen molar-refractivity contribution in [1.82, 2.24) is 20.0 Å². The molecule has 3 heterocycles. The summed E-state index contributed by atoms with van der Waals surface area (Å²) in [6.07, 6.45) is 4.36. The van der Waals surface area contributed by atoms with Crippen molar-refractivity contribution < 1.29 is 14.3 Å². The molecule has 1 unspecified atom stereocenters. The van der Waals surface area contributed by atoms with Crippen LogP contribution in [0.4, 0.5) is 0 Å². The first kappa shape index (κ1) is 17.5. The van der Waals surface area contributed by atoms with Crippen LogP contribution in [-0.2, 0) is 9.53 Å². The Balaban J connectivity index is 1.43. The number of likely N-dealkylation sites (N-methyl/N-ethyl adjacent to an activating group) is 1. The summed E-state index contributed by atoms with van der Waals surface area (Å²) in [5.41, 5.74) is 2.13. The number of esters is 1. The van der Waals surface area contributed by atoms with Crippen molar-refractivity contribution >= 4 is 11.9 Å². The molecule has 1 aromatic rings. The molecule has 2 aliphatic heterocycles. The molecule has 142 valence electrons. The summed E-state index contributed by atoms with van der Waals surface area (Å²) in [5.74, 6) is 0.422. The lowest BCUT2D eigenvalue weighted by atomic mass is 9.76. The molecule has 4 rings (SSSR count). The van der Waals surface area contributed by atoms with E-state index in [1.807, 2.05) is 25.9 Å². The molecule has 7 nitrogen and oxygen atoms in total. The average molecular weight is 360 g/mol. The third kappa shape index (κ3) is 3.02. The standard InChI is InChI=1S/C19H28N4O3/c1-12-15(16(21-20-12)13-4-5-13)17(24)23-8-6-19(7-9-23)10-14(11-22(2)3)26-18(19)25/h13-14H,4-11H2,1-3H3,(H,20,21). The van der Waals surface area contributed by atoms with Gasteiger partial charge in [-0.3, -0.25) is 14.7 Å². The maximum atomic E-state index is 13.1. The Morgan fingerprint density at radius 2 is 2.04 bits per heavy atom. The van der Waals surface area contributed by atoms with E-state index in [9.17, 15) is 9.59 Å². The van der Waals surface area contributed by atoms with E-state index in [0.29, 0.717) is 31.8 Å². The molecule has 1 aromatic heterocycles. The van der Waals surface area contributed by atoms with Crippen LogP contribution in [0.1, 0.15) is 59.8 Å². The molecule has 1 atom stereocenters. The van der Waals surface area contributed by atoms with Crippen LogP contribution < -0.4 is 0 Å². The minimum Gasteiger partial charge on any atom is -0.461 e. The van der Waals surface area contributed by atoms with Crippen LogP contribution in [0, 0.1) is 12.3 Å². The monoisotopic (exact) mass is 360 g/mol. The highest BCUT2D eigenvalue weighted by molar-refractivity contribution is 5.97. The first-order chi connectivity index (χ1) is 12.4. The van der Waals surface area contributed by atoms with E-state index in [4.69, 9.17) is 4.74 Å². The van der Waals surface area contributed by atoms with Crippen molar-refractivity contribution in [1.29, 1.82) is 0 Å². The smallest absolute Gasteiger partial charge is 0.312 e. The highest BCUT2D eigenvalue weighted by Gasteiger charge is 2.51. The largest absolute Gasteiger partial charge is 0.461 e. The van der Waals surface area contributed by atoms with Crippen molar-refractivity contribution in [2.45, 2.75) is 51.0 Å². The predicted octanol–water partition coefficient (Wildman–Crippen LogP) is 1.70. The third-order valence-electron chi connectivity index (χ3n) is 6.05. The molecule has 3 fully saturated rings. The number of carbonyl (C=O) groups is 2. The van der Waals surface area contributed by atoms with Gasteiger partial charge in [0.2, 0.25) is 0 Å². The number of likely N-dealkylation sites (tertiary alicyclic amines) is 1. The average Bonchev–Trinajstić information content (AvgIpc) is 3.30. The van der Waals surface area contributed by atoms with Gasteiger partial charge in [-0.15, -0.1) is 0 Å². The number of H-pyrrole nitrogens is 1. The zero-order valence-corrected chi connectivity index (χ0v) is 15.9. The number of nitrogens with one attached hydrogen (secondary N) is 1. The van der Waals surface area contributed by atoms with Gasteiger partial charge < -0.3 is 14.5 Å². The second-order valence-electron chi connectivity index (χ2n) is 8.45. The fourth-order valence-corrected chi connectivity index (χ4v) is 4.42. The number of piperidine rings is 1. The van der Waals surface area contributed by atoms with Crippen molar-refractivity contribution in [3.8, 4) is 0 Å². The van der Waals surface area contributed by atoms with Crippen LogP contribution in [0.15, 0.2) is 0 Å². The zero-order valence-electron chi connectivity index (χ0n) is 15.9. The van der Waals surface area contributed by atoms with Gasteiger partial charge in [0.15, 0.2) is 0 Å². The number of amides is 1. The van der Waals surface area contributed by atoms with Gasteiger partial charge >= 0.3 is 5.97 Å². The van der Waals surface area contributed by atoms with E-state index < -0.39 is 5.41 Å². The number of aromatic nitrogens is 2. The van der Waals surface area contributed by atoms with E-state index >= 15 is 0 Å². The summed E-state index contributed by atoms with van der Waals surface area (Å²) in [7, 11) is 3.98. The van der Waals surface area contributed by atoms with Crippen molar-refractivity contribution in [2.75, 3.05) is 33.7 Å². The van der Waals surface area contributed by atoms with Gasteiger partial charge in [-0.1, -0.05) is 0 Å². The number of ether oxygens (including phenoxy) is 1. The number of carbonyl (C=O) groups excluding carboxylic acids is 2. The fraction of sp³-hybridized carbons (Fsp3) is 0.737. The fourth-order valence-electron chi connectivity index (χ4n) is 4.42. The van der Waals surface area contributed by atoms with Crippen LogP contribution in [0.3, 0.4) is 0 Å². The Kier molecular flexibility index (Phi) is 4.29. The van der Waals surface area contributed by atoms with Gasteiger partial charge in [-0.05, 0) is 46.7 Å². The summed E-state index contributed by atoms with van der Waals surface area (Å²) >= 11 is 0. The van der Waals surface area contributed by atoms with Crippen LogP contribution in [0.5, 0.6) is 0 Å². The second-order valence-corrected chi connectivity index (χ2v) is 8.45. The third-order valence-corrected chi connectivity index (χ3v) is 6.05. The Bertz CT molecular complexity index is 714. The van der Waals surface area contributed by atoms with Crippen LogP contribution in [0.25, 0.3) is 0 Å². The number of cyclic esters (lactones) is 1. The van der Waals surface area contributed by atoms with E-state index in [1.165, 1.54) is 0 Å².